The highest BCUT2D eigenvalue weighted by Gasteiger charge is 2.31. The summed E-state index contributed by atoms with van der Waals surface area (Å²) in [5.74, 6) is -0.627. The Balaban J connectivity index is 4.55. The van der Waals surface area contributed by atoms with Gasteiger partial charge in [-0.25, -0.2) is 0 Å². The lowest BCUT2D eigenvalue weighted by atomic mass is 10.5. The van der Waals surface area contributed by atoms with Gasteiger partial charge in [0.25, 0.3) is 0 Å². The average molecular weight is 194 g/mol. The van der Waals surface area contributed by atoms with Crippen LogP contribution in [0.3, 0.4) is 0 Å². The Labute approximate surface area is 73.0 Å². The highest BCUT2D eigenvalue weighted by molar-refractivity contribution is 7.54. The van der Waals surface area contributed by atoms with Gasteiger partial charge in [0, 0.05) is 21.3 Å². The Kier molecular flexibility index (Phi) is 5.42. The number of hydrogen-bond acceptors (Lipinski definition) is 4. The van der Waals surface area contributed by atoms with Crippen LogP contribution in [0.1, 0.15) is 6.92 Å². The summed E-state index contributed by atoms with van der Waals surface area (Å²) in [7, 11) is 1.00. The van der Waals surface area contributed by atoms with Crippen molar-refractivity contribution in [2.45, 2.75) is 12.8 Å². The summed E-state index contributed by atoms with van der Waals surface area (Å²) in [6.45, 7) is 1.81. The second-order valence-electron chi connectivity index (χ2n) is 2.06. The van der Waals surface area contributed by atoms with E-state index in [4.69, 9.17) is 13.8 Å². The Morgan fingerprint density at radius 3 is 2.00 bits per heavy atom. The molecule has 5 heteroatoms. The van der Waals surface area contributed by atoms with E-state index < -0.39 is 13.4 Å². The molecule has 0 rings (SSSR count). The Morgan fingerprint density at radius 1 is 1.25 bits per heavy atom. The van der Waals surface area contributed by atoms with E-state index in [9.17, 15) is 4.57 Å². The van der Waals surface area contributed by atoms with E-state index in [1.807, 2.05) is 6.92 Å². The summed E-state index contributed by atoms with van der Waals surface area (Å²) in [6, 6.07) is 0. The van der Waals surface area contributed by atoms with Gasteiger partial charge < -0.3 is 13.8 Å². The summed E-state index contributed by atoms with van der Waals surface area (Å²) >= 11 is 0. The molecule has 0 aromatic rings. The monoisotopic (exact) mass is 194 g/mol. The van der Waals surface area contributed by atoms with Crippen molar-refractivity contribution in [2.75, 3.05) is 21.3 Å². The van der Waals surface area contributed by atoms with Gasteiger partial charge in [0.05, 0.1) is 0 Å². The minimum absolute atomic E-state index is 0.627. The predicted octanol–water partition coefficient (Wildman–Crippen LogP) is 2.02. The van der Waals surface area contributed by atoms with Gasteiger partial charge >= 0.3 is 7.60 Å². The van der Waals surface area contributed by atoms with E-state index >= 15 is 0 Å². The largest absolute Gasteiger partial charge is 0.365 e. The third-order valence-electron chi connectivity index (χ3n) is 1.42. The quantitative estimate of drug-likeness (QED) is 0.496. The summed E-state index contributed by atoms with van der Waals surface area (Å²) in [4.78, 5) is 0. The Morgan fingerprint density at radius 2 is 1.75 bits per heavy atom. The van der Waals surface area contributed by atoms with Crippen LogP contribution in [0, 0.1) is 0 Å². The highest BCUT2D eigenvalue weighted by Crippen LogP contribution is 2.52. The maximum Gasteiger partial charge on any atom is 0.362 e. The molecule has 1 atom stereocenters. The Hall–Kier alpha value is -0.150. The molecule has 0 saturated carbocycles. The van der Waals surface area contributed by atoms with Crippen molar-refractivity contribution in [1.82, 2.24) is 0 Å². The third kappa shape index (κ3) is 2.72. The minimum Gasteiger partial charge on any atom is -0.365 e. The normalized spacial score (nSPS) is 15.3. The van der Waals surface area contributed by atoms with Crippen LogP contribution in [0.25, 0.3) is 0 Å². The molecule has 0 aromatic heterocycles. The van der Waals surface area contributed by atoms with E-state index in [0.29, 0.717) is 0 Å². The zero-order valence-electron chi connectivity index (χ0n) is 7.81. The van der Waals surface area contributed by atoms with Crippen LogP contribution in [0.2, 0.25) is 0 Å². The van der Waals surface area contributed by atoms with Gasteiger partial charge in [0.15, 0.2) is 5.85 Å². The second kappa shape index (κ2) is 5.49. The van der Waals surface area contributed by atoms with Crippen molar-refractivity contribution < 1.29 is 18.3 Å². The van der Waals surface area contributed by atoms with E-state index in [2.05, 4.69) is 0 Å². The molecule has 0 aliphatic rings. The first kappa shape index (κ1) is 11.8. The summed E-state index contributed by atoms with van der Waals surface area (Å²) in [5.41, 5.74) is 0. The molecule has 0 bridgehead atoms. The van der Waals surface area contributed by atoms with Crippen molar-refractivity contribution in [3.8, 4) is 0 Å². The molecule has 0 fully saturated rings. The molecule has 72 valence electrons. The van der Waals surface area contributed by atoms with Gasteiger partial charge in [-0.3, -0.25) is 4.57 Å². The molecule has 0 radical (unpaired) electrons. The maximum absolute atomic E-state index is 11.7. The van der Waals surface area contributed by atoms with Crippen molar-refractivity contribution in [3.63, 3.8) is 0 Å². The van der Waals surface area contributed by atoms with Crippen molar-refractivity contribution in [3.05, 3.63) is 12.2 Å². The molecule has 0 amide bonds. The van der Waals surface area contributed by atoms with Crippen LogP contribution in [0.5, 0.6) is 0 Å². The first-order chi connectivity index (χ1) is 5.64. The van der Waals surface area contributed by atoms with Crippen molar-refractivity contribution >= 4 is 7.60 Å². The molecule has 0 N–H and O–H groups in total. The standard InChI is InChI=1S/C7H15O4P/c1-5-6-7(9-2)12(8,10-3)11-4/h5-7H,1-4H3/b6-5+. The molecule has 0 aromatic carbocycles. The molecule has 0 spiro atoms. The Bertz CT molecular complexity index is 182. The fourth-order valence-electron chi connectivity index (χ4n) is 0.760. The number of ether oxygens (including phenoxy) is 1. The number of allylic oxidation sites excluding steroid dienone is 1. The predicted molar refractivity (Wildman–Crippen MR) is 47.2 cm³/mol. The first-order valence-corrected chi connectivity index (χ1v) is 5.12. The van der Waals surface area contributed by atoms with Crippen molar-refractivity contribution in [2.24, 2.45) is 0 Å². The van der Waals surface area contributed by atoms with Crippen LogP contribution in [-0.2, 0) is 18.3 Å². The second-order valence-corrected chi connectivity index (χ2v) is 4.38. The smallest absolute Gasteiger partial charge is 0.362 e. The number of hydrogen-bond donors (Lipinski definition) is 0. The minimum atomic E-state index is -3.12. The molecule has 0 saturated heterocycles. The van der Waals surface area contributed by atoms with Gasteiger partial charge in [-0.15, -0.1) is 0 Å². The molecule has 12 heavy (non-hydrogen) atoms. The molecule has 1 unspecified atom stereocenters. The lowest BCUT2D eigenvalue weighted by Crippen LogP contribution is -2.10. The zero-order valence-corrected chi connectivity index (χ0v) is 8.71. The van der Waals surface area contributed by atoms with Gasteiger partial charge in [-0.05, 0) is 13.0 Å². The molecule has 4 nitrogen and oxygen atoms in total. The summed E-state index contributed by atoms with van der Waals surface area (Å²) < 4.78 is 26.1. The SMILES string of the molecule is C/C=C/C(OC)P(=O)(OC)OC. The molecular formula is C7H15O4P. The van der Waals surface area contributed by atoms with Crippen LogP contribution < -0.4 is 0 Å². The first-order valence-electron chi connectivity index (χ1n) is 3.51. The molecular weight excluding hydrogens is 179 g/mol. The van der Waals surface area contributed by atoms with Crippen molar-refractivity contribution in [1.29, 1.82) is 0 Å². The van der Waals surface area contributed by atoms with Gasteiger partial charge in [-0.1, -0.05) is 6.08 Å². The average Bonchev–Trinajstić information content (AvgIpc) is 2.13. The van der Waals surface area contributed by atoms with E-state index in [1.54, 1.807) is 12.2 Å². The fraction of sp³-hybridized carbons (Fsp3) is 0.714. The molecule has 0 heterocycles. The van der Waals surface area contributed by atoms with E-state index in [1.165, 1.54) is 21.3 Å². The van der Waals surface area contributed by atoms with E-state index in [-0.39, 0.29) is 0 Å². The van der Waals surface area contributed by atoms with Crippen LogP contribution in [-0.4, -0.2) is 27.2 Å². The van der Waals surface area contributed by atoms with E-state index in [0.717, 1.165) is 0 Å². The lowest BCUT2D eigenvalue weighted by molar-refractivity contribution is 0.151. The molecule has 0 aliphatic carbocycles. The van der Waals surface area contributed by atoms with Gasteiger partial charge in [-0.2, -0.15) is 0 Å². The topological polar surface area (TPSA) is 44.8 Å². The van der Waals surface area contributed by atoms with Crippen LogP contribution in [0.15, 0.2) is 12.2 Å². The van der Waals surface area contributed by atoms with Crippen LogP contribution in [0.4, 0.5) is 0 Å². The fourth-order valence-corrected chi connectivity index (χ4v) is 1.97. The zero-order chi connectivity index (χ0) is 9.61. The van der Waals surface area contributed by atoms with Gasteiger partial charge in [0.1, 0.15) is 0 Å². The summed E-state index contributed by atoms with van der Waals surface area (Å²) in [5, 5.41) is 0. The number of rotatable bonds is 5. The maximum atomic E-state index is 11.7. The summed E-state index contributed by atoms with van der Waals surface area (Å²) in [6.07, 6.45) is 3.37. The molecule has 0 aliphatic heterocycles. The highest BCUT2D eigenvalue weighted by atomic mass is 31.2. The lowest BCUT2D eigenvalue weighted by Gasteiger charge is -2.19. The number of methoxy groups -OCH3 is 1. The van der Waals surface area contributed by atoms with Gasteiger partial charge in [0.2, 0.25) is 0 Å². The van der Waals surface area contributed by atoms with Crippen LogP contribution >= 0.6 is 7.60 Å². The third-order valence-corrected chi connectivity index (χ3v) is 3.44.